The molecule has 1 aromatic carbocycles. The summed E-state index contributed by atoms with van der Waals surface area (Å²) in [4.78, 5) is 21.9. The highest BCUT2D eigenvalue weighted by Crippen LogP contribution is 2.18. The van der Waals surface area contributed by atoms with E-state index >= 15 is 0 Å². The monoisotopic (exact) mass is 316 g/mol. The topological polar surface area (TPSA) is 102 Å². The molecular formula is C11H13BrN2O4. The molecule has 4 N–H and O–H groups in total. The van der Waals surface area contributed by atoms with Crippen molar-refractivity contribution >= 4 is 33.5 Å². The van der Waals surface area contributed by atoms with Crippen LogP contribution in [-0.2, 0) is 9.53 Å². The predicted molar refractivity (Wildman–Crippen MR) is 69.3 cm³/mol. The van der Waals surface area contributed by atoms with Gasteiger partial charge in [0.1, 0.15) is 6.61 Å². The molecule has 0 aromatic heterocycles. The highest BCUT2D eigenvalue weighted by Gasteiger charge is 2.09. The number of carbonyl (C=O) groups excluding carboxylic acids is 1. The number of nitrogens with one attached hydrogen (secondary N) is 1. The van der Waals surface area contributed by atoms with Crippen molar-refractivity contribution in [3.05, 3.63) is 28.2 Å². The van der Waals surface area contributed by atoms with Crippen LogP contribution in [0, 0.1) is 0 Å². The molecule has 98 valence electrons. The molecular weight excluding hydrogens is 304 g/mol. The number of ether oxygens (including phenoxy) is 1. The van der Waals surface area contributed by atoms with Crippen LogP contribution in [0.1, 0.15) is 10.4 Å². The summed E-state index contributed by atoms with van der Waals surface area (Å²) >= 11 is 3.24. The average molecular weight is 317 g/mol. The lowest BCUT2D eigenvalue weighted by atomic mass is 10.1. The third-order valence-electron chi connectivity index (χ3n) is 2.02. The molecule has 0 aliphatic carbocycles. The van der Waals surface area contributed by atoms with E-state index in [2.05, 4.69) is 21.2 Å². The van der Waals surface area contributed by atoms with Crippen LogP contribution in [0.3, 0.4) is 0 Å². The first-order valence-corrected chi connectivity index (χ1v) is 5.93. The van der Waals surface area contributed by atoms with E-state index < -0.39 is 5.97 Å². The Morgan fingerprint density at radius 3 is 2.78 bits per heavy atom. The van der Waals surface area contributed by atoms with Gasteiger partial charge in [0.2, 0.25) is 0 Å². The third-order valence-corrected chi connectivity index (χ3v) is 2.51. The van der Waals surface area contributed by atoms with E-state index in [1.807, 2.05) is 0 Å². The quantitative estimate of drug-likeness (QED) is 0.533. The van der Waals surface area contributed by atoms with Crippen LogP contribution in [0.2, 0.25) is 0 Å². The van der Waals surface area contributed by atoms with Gasteiger partial charge in [0.05, 0.1) is 12.2 Å². The maximum Gasteiger partial charge on any atom is 0.329 e. The standard InChI is InChI=1S/C11H13BrN2O4/c12-7-1-2-8(9(13)5-7)11(17)14-3-4-18-6-10(15)16/h1-2,5H,3-4,6,13H2,(H,14,17)(H,15,16). The number of carboxylic acid groups (broad SMARTS) is 1. The van der Waals surface area contributed by atoms with Gasteiger partial charge in [-0.1, -0.05) is 15.9 Å². The molecule has 0 radical (unpaired) electrons. The Balaban J connectivity index is 2.39. The highest BCUT2D eigenvalue weighted by atomic mass is 79.9. The molecule has 1 amide bonds. The number of nitrogens with two attached hydrogens (primary N) is 1. The zero-order valence-corrected chi connectivity index (χ0v) is 11.1. The van der Waals surface area contributed by atoms with Crippen LogP contribution in [0.4, 0.5) is 5.69 Å². The van der Waals surface area contributed by atoms with Crippen LogP contribution in [-0.4, -0.2) is 36.7 Å². The van der Waals surface area contributed by atoms with Crippen molar-refractivity contribution in [3.8, 4) is 0 Å². The maximum absolute atomic E-state index is 11.7. The zero-order valence-electron chi connectivity index (χ0n) is 9.48. The molecule has 0 saturated heterocycles. The fraction of sp³-hybridized carbons (Fsp3) is 0.273. The molecule has 0 heterocycles. The first-order valence-electron chi connectivity index (χ1n) is 5.13. The second-order valence-corrected chi connectivity index (χ2v) is 4.35. The Morgan fingerprint density at radius 1 is 1.44 bits per heavy atom. The zero-order chi connectivity index (χ0) is 13.5. The SMILES string of the molecule is Nc1cc(Br)ccc1C(=O)NCCOCC(=O)O. The Kier molecular flexibility index (Phi) is 5.60. The van der Waals surface area contributed by atoms with E-state index in [1.54, 1.807) is 18.2 Å². The van der Waals surface area contributed by atoms with Gasteiger partial charge in [0.25, 0.3) is 5.91 Å². The number of anilines is 1. The highest BCUT2D eigenvalue weighted by molar-refractivity contribution is 9.10. The summed E-state index contributed by atoms with van der Waals surface area (Å²) in [6.07, 6.45) is 0. The number of amides is 1. The largest absolute Gasteiger partial charge is 0.480 e. The Bertz CT molecular complexity index is 451. The van der Waals surface area contributed by atoms with Gasteiger partial charge in [-0.05, 0) is 18.2 Å². The normalized spacial score (nSPS) is 10.1. The molecule has 0 unspecified atom stereocenters. The van der Waals surface area contributed by atoms with Crippen LogP contribution >= 0.6 is 15.9 Å². The molecule has 7 heteroatoms. The van der Waals surface area contributed by atoms with Gasteiger partial charge in [0, 0.05) is 16.7 Å². The molecule has 0 atom stereocenters. The van der Waals surface area contributed by atoms with Gasteiger partial charge in [-0.25, -0.2) is 4.79 Å². The Labute approximate surface area is 112 Å². The average Bonchev–Trinajstić information content (AvgIpc) is 2.27. The maximum atomic E-state index is 11.7. The summed E-state index contributed by atoms with van der Waals surface area (Å²) in [5.74, 6) is -1.36. The van der Waals surface area contributed by atoms with Gasteiger partial charge in [-0.3, -0.25) is 4.79 Å². The number of benzene rings is 1. The van der Waals surface area contributed by atoms with Gasteiger partial charge in [-0.15, -0.1) is 0 Å². The van der Waals surface area contributed by atoms with Crippen molar-refractivity contribution < 1.29 is 19.4 Å². The second-order valence-electron chi connectivity index (χ2n) is 3.43. The summed E-state index contributed by atoms with van der Waals surface area (Å²) in [6, 6.07) is 4.95. The van der Waals surface area contributed by atoms with Crippen LogP contribution in [0.15, 0.2) is 22.7 Å². The Hall–Kier alpha value is -1.60. The fourth-order valence-electron chi connectivity index (χ4n) is 1.23. The summed E-state index contributed by atoms with van der Waals surface area (Å²) in [7, 11) is 0. The number of aliphatic carboxylic acids is 1. The molecule has 0 fully saturated rings. The molecule has 1 rings (SSSR count). The van der Waals surface area contributed by atoms with Gasteiger partial charge in [-0.2, -0.15) is 0 Å². The van der Waals surface area contributed by atoms with Crippen molar-refractivity contribution in [2.75, 3.05) is 25.5 Å². The van der Waals surface area contributed by atoms with Crippen molar-refractivity contribution in [2.45, 2.75) is 0 Å². The number of halogens is 1. The summed E-state index contributed by atoms with van der Waals surface area (Å²) in [6.45, 7) is -0.0214. The van der Waals surface area contributed by atoms with Crippen molar-refractivity contribution in [1.29, 1.82) is 0 Å². The molecule has 0 aliphatic rings. The summed E-state index contributed by atoms with van der Waals surface area (Å²) < 4.78 is 5.57. The van der Waals surface area contributed by atoms with E-state index in [1.165, 1.54) is 0 Å². The van der Waals surface area contributed by atoms with Crippen LogP contribution in [0.5, 0.6) is 0 Å². The lowest BCUT2D eigenvalue weighted by molar-refractivity contribution is -0.142. The van der Waals surface area contributed by atoms with Crippen LogP contribution in [0.25, 0.3) is 0 Å². The summed E-state index contributed by atoms with van der Waals surface area (Å²) in [5, 5.41) is 10.9. The number of hydrogen-bond acceptors (Lipinski definition) is 4. The van der Waals surface area contributed by atoms with E-state index in [9.17, 15) is 9.59 Å². The third kappa shape index (κ3) is 4.72. The van der Waals surface area contributed by atoms with Gasteiger partial charge < -0.3 is 20.9 Å². The first kappa shape index (κ1) is 14.5. The van der Waals surface area contributed by atoms with Crippen molar-refractivity contribution in [3.63, 3.8) is 0 Å². The number of carboxylic acids is 1. The molecule has 0 aliphatic heterocycles. The lowest BCUT2D eigenvalue weighted by Crippen LogP contribution is -2.28. The molecule has 1 aromatic rings. The lowest BCUT2D eigenvalue weighted by Gasteiger charge is -2.07. The van der Waals surface area contributed by atoms with E-state index in [-0.39, 0.29) is 25.7 Å². The molecule has 0 bridgehead atoms. The van der Waals surface area contributed by atoms with Gasteiger partial charge in [0.15, 0.2) is 0 Å². The number of rotatable bonds is 6. The molecule has 6 nitrogen and oxygen atoms in total. The van der Waals surface area contributed by atoms with Crippen LogP contribution < -0.4 is 11.1 Å². The van der Waals surface area contributed by atoms with Crippen molar-refractivity contribution in [2.24, 2.45) is 0 Å². The first-order chi connectivity index (χ1) is 8.50. The minimum Gasteiger partial charge on any atom is -0.480 e. The second kappa shape index (κ2) is 6.97. The fourth-order valence-corrected chi connectivity index (χ4v) is 1.61. The predicted octanol–water partition coefficient (Wildman–Crippen LogP) is 0.862. The Morgan fingerprint density at radius 2 is 2.17 bits per heavy atom. The molecule has 0 saturated carbocycles. The van der Waals surface area contributed by atoms with Crippen molar-refractivity contribution in [1.82, 2.24) is 5.32 Å². The molecule has 18 heavy (non-hydrogen) atoms. The minimum absolute atomic E-state index is 0.133. The smallest absolute Gasteiger partial charge is 0.329 e. The van der Waals surface area contributed by atoms with E-state index in [0.717, 1.165) is 4.47 Å². The number of carbonyl (C=O) groups is 2. The van der Waals surface area contributed by atoms with E-state index in [0.29, 0.717) is 11.3 Å². The number of nitrogen functional groups attached to an aromatic ring is 1. The minimum atomic E-state index is -1.04. The number of hydrogen-bond donors (Lipinski definition) is 3. The molecule has 0 spiro atoms. The summed E-state index contributed by atoms with van der Waals surface area (Å²) in [5.41, 5.74) is 6.43. The van der Waals surface area contributed by atoms with E-state index in [4.69, 9.17) is 15.6 Å². The van der Waals surface area contributed by atoms with Gasteiger partial charge >= 0.3 is 5.97 Å².